The number of carbonyl (C=O) groups is 2. The normalized spacial score (nSPS) is 13.1. The fraction of sp³-hybridized carbons (Fsp3) is 0.263. The van der Waals surface area contributed by atoms with E-state index in [1.807, 2.05) is 30.5 Å². The van der Waals surface area contributed by atoms with Crippen molar-refractivity contribution < 1.29 is 24.0 Å². The maximum absolute atomic E-state index is 12.3. The Morgan fingerprint density at radius 1 is 1.04 bits per heavy atom. The van der Waals surface area contributed by atoms with E-state index in [2.05, 4.69) is 10.6 Å². The topological polar surface area (TPSA) is 81.1 Å². The van der Waals surface area contributed by atoms with Gasteiger partial charge in [0.25, 0.3) is 11.8 Å². The molecule has 1 heterocycles. The lowest BCUT2D eigenvalue weighted by Gasteiger charge is -2.15. The number of amides is 2. The van der Waals surface area contributed by atoms with Crippen molar-refractivity contribution in [2.75, 3.05) is 43.8 Å². The molecule has 1 aliphatic heterocycles. The van der Waals surface area contributed by atoms with Crippen molar-refractivity contribution in [1.29, 1.82) is 0 Å². The third-order valence-corrected chi connectivity index (χ3v) is 4.76. The number of benzene rings is 2. The lowest BCUT2D eigenvalue weighted by Crippen LogP contribution is -3.11. The van der Waals surface area contributed by atoms with Gasteiger partial charge in [0.1, 0.15) is 0 Å². The van der Waals surface area contributed by atoms with Gasteiger partial charge in [-0.25, -0.2) is 0 Å². The fourth-order valence-electron chi connectivity index (χ4n) is 2.73. The molecule has 0 spiro atoms. The molecule has 1 unspecified atom stereocenters. The van der Waals surface area contributed by atoms with Crippen LogP contribution in [-0.2, 0) is 9.59 Å². The van der Waals surface area contributed by atoms with Crippen LogP contribution in [0.15, 0.2) is 47.4 Å². The molecule has 2 aromatic rings. The van der Waals surface area contributed by atoms with Crippen LogP contribution in [0.3, 0.4) is 0 Å². The number of hydrogen-bond donors (Lipinski definition) is 3. The Bertz CT molecular complexity index is 843. The van der Waals surface area contributed by atoms with Crippen LogP contribution in [0.5, 0.6) is 11.5 Å². The van der Waals surface area contributed by atoms with Crippen molar-refractivity contribution in [3.05, 3.63) is 42.5 Å². The summed E-state index contributed by atoms with van der Waals surface area (Å²) in [6.07, 6.45) is 1.96. The van der Waals surface area contributed by atoms with Gasteiger partial charge in [0.05, 0.1) is 12.7 Å². The number of ether oxygens (including phenoxy) is 2. The summed E-state index contributed by atoms with van der Waals surface area (Å²) in [4.78, 5) is 26.3. The largest absolute Gasteiger partial charge is 0.454 e. The molecule has 142 valence electrons. The van der Waals surface area contributed by atoms with Crippen LogP contribution < -0.4 is 25.0 Å². The smallest absolute Gasteiger partial charge is 0.279 e. The van der Waals surface area contributed by atoms with Crippen molar-refractivity contribution in [2.45, 2.75) is 4.90 Å². The molecule has 3 rings (SSSR count). The van der Waals surface area contributed by atoms with Crippen molar-refractivity contribution in [2.24, 2.45) is 0 Å². The van der Waals surface area contributed by atoms with Crippen LogP contribution in [0.4, 0.5) is 11.4 Å². The van der Waals surface area contributed by atoms with E-state index in [0.717, 1.165) is 15.5 Å². The highest BCUT2D eigenvalue weighted by Gasteiger charge is 2.17. The van der Waals surface area contributed by atoms with Gasteiger partial charge < -0.3 is 25.0 Å². The molecule has 7 nitrogen and oxygen atoms in total. The number of anilines is 2. The van der Waals surface area contributed by atoms with E-state index in [4.69, 9.17) is 9.47 Å². The molecule has 27 heavy (non-hydrogen) atoms. The van der Waals surface area contributed by atoms with E-state index < -0.39 is 0 Å². The minimum Gasteiger partial charge on any atom is -0.454 e. The molecule has 0 fully saturated rings. The number of thioether (sulfide) groups is 1. The molecule has 0 saturated carbocycles. The van der Waals surface area contributed by atoms with Crippen molar-refractivity contribution in [3.8, 4) is 11.5 Å². The number of fused-ring (bicyclic) bond motifs is 1. The number of nitrogens with one attached hydrogen (secondary N) is 3. The minimum absolute atomic E-state index is 0.134. The van der Waals surface area contributed by atoms with Gasteiger partial charge in [-0.15, -0.1) is 11.8 Å². The van der Waals surface area contributed by atoms with Gasteiger partial charge in [-0.3, -0.25) is 9.59 Å². The molecule has 0 bridgehead atoms. The molecule has 2 aromatic carbocycles. The molecule has 1 atom stereocenters. The summed E-state index contributed by atoms with van der Waals surface area (Å²) in [5.41, 5.74) is 1.42. The van der Waals surface area contributed by atoms with E-state index in [0.29, 0.717) is 17.2 Å². The Labute approximate surface area is 162 Å². The SMILES string of the molecule is CSc1ccccc1NC(=O)C[NH+](C)CC(=O)Nc1ccc2c(c1)OCO2. The zero-order valence-electron chi connectivity index (χ0n) is 15.2. The molecule has 1 aliphatic rings. The van der Waals surface area contributed by atoms with Crippen LogP contribution >= 0.6 is 11.8 Å². The third-order valence-electron chi connectivity index (χ3n) is 3.96. The third kappa shape index (κ3) is 5.15. The first kappa shape index (κ1) is 19.1. The quantitative estimate of drug-likeness (QED) is 0.622. The lowest BCUT2D eigenvalue weighted by atomic mass is 10.2. The summed E-state index contributed by atoms with van der Waals surface area (Å²) in [5, 5.41) is 5.71. The highest BCUT2D eigenvalue weighted by molar-refractivity contribution is 7.98. The second-order valence-corrected chi connectivity index (χ2v) is 7.02. The van der Waals surface area contributed by atoms with Crippen molar-refractivity contribution in [3.63, 3.8) is 0 Å². The molecule has 0 aromatic heterocycles. The predicted molar refractivity (Wildman–Crippen MR) is 105 cm³/mol. The van der Waals surface area contributed by atoms with Gasteiger partial charge in [-0.05, 0) is 30.5 Å². The van der Waals surface area contributed by atoms with Crippen molar-refractivity contribution >= 4 is 35.0 Å². The first-order valence-electron chi connectivity index (χ1n) is 8.49. The maximum atomic E-state index is 12.3. The predicted octanol–water partition coefficient (Wildman–Crippen LogP) is 1.23. The summed E-state index contributed by atoms with van der Waals surface area (Å²) in [6.45, 7) is 0.553. The standard InChI is InChI=1S/C19H21N3O4S/c1-22(11-19(24)21-14-5-3-4-6-17(14)27-2)10-18(23)20-13-7-8-15-16(9-13)26-12-25-15/h3-9H,10-12H2,1-2H3,(H,20,23)(H,21,24)/p+1. The van der Waals surface area contributed by atoms with E-state index in [9.17, 15) is 9.59 Å². The van der Waals surface area contributed by atoms with Gasteiger partial charge in [-0.1, -0.05) is 12.1 Å². The highest BCUT2D eigenvalue weighted by atomic mass is 32.2. The van der Waals surface area contributed by atoms with Crippen LogP contribution in [0.1, 0.15) is 0 Å². The fourth-order valence-corrected chi connectivity index (χ4v) is 3.29. The van der Waals surface area contributed by atoms with Crippen LogP contribution in [0, 0.1) is 0 Å². The van der Waals surface area contributed by atoms with E-state index in [1.54, 1.807) is 37.0 Å². The van der Waals surface area contributed by atoms with Gasteiger partial charge in [0.2, 0.25) is 6.79 Å². The second kappa shape index (κ2) is 8.79. The Balaban J connectivity index is 1.49. The first-order chi connectivity index (χ1) is 13.0. The van der Waals surface area contributed by atoms with E-state index in [1.165, 1.54) is 0 Å². The molecule has 0 radical (unpaired) electrons. The zero-order valence-corrected chi connectivity index (χ0v) is 16.0. The Morgan fingerprint density at radius 3 is 2.52 bits per heavy atom. The van der Waals surface area contributed by atoms with Gasteiger partial charge in [0, 0.05) is 16.6 Å². The monoisotopic (exact) mass is 388 g/mol. The summed E-state index contributed by atoms with van der Waals surface area (Å²) >= 11 is 1.57. The lowest BCUT2D eigenvalue weighted by molar-refractivity contribution is -0.862. The molecule has 0 aliphatic carbocycles. The zero-order chi connectivity index (χ0) is 19.2. The minimum atomic E-state index is -0.177. The Kier molecular flexibility index (Phi) is 6.20. The maximum Gasteiger partial charge on any atom is 0.279 e. The van der Waals surface area contributed by atoms with Gasteiger partial charge >= 0.3 is 0 Å². The first-order valence-corrected chi connectivity index (χ1v) is 9.71. The number of para-hydroxylation sites is 1. The number of likely N-dealkylation sites (N-methyl/N-ethyl adjacent to an activating group) is 1. The van der Waals surface area contributed by atoms with E-state index >= 15 is 0 Å². The van der Waals surface area contributed by atoms with Crippen LogP contribution in [0.25, 0.3) is 0 Å². The number of rotatable bonds is 7. The summed E-state index contributed by atoms with van der Waals surface area (Å²) in [5.74, 6) is 0.965. The van der Waals surface area contributed by atoms with Crippen LogP contribution in [-0.4, -0.2) is 45.0 Å². The highest BCUT2D eigenvalue weighted by Crippen LogP contribution is 2.34. The number of carbonyl (C=O) groups excluding carboxylic acids is 2. The second-order valence-electron chi connectivity index (χ2n) is 6.18. The van der Waals surface area contributed by atoms with Gasteiger partial charge in [0.15, 0.2) is 24.6 Å². The van der Waals surface area contributed by atoms with Gasteiger partial charge in [-0.2, -0.15) is 0 Å². The molecular formula is C19H22N3O4S+. The van der Waals surface area contributed by atoms with Crippen LogP contribution in [0.2, 0.25) is 0 Å². The summed E-state index contributed by atoms with van der Waals surface area (Å²) < 4.78 is 10.5. The number of hydrogen-bond acceptors (Lipinski definition) is 5. The molecule has 2 amide bonds. The average molecular weight is 388 g/mol. The average Bonchev–Trinajstić information content (AvgIpc) is 3.09. The molecule has 3 N–H and O–H groups in total. The van der Waals surface area contributed by atoms with E-state index in [-0.39, 0.29) is 31.7 Å². The Hall–Kier alpha value is -2.71. The molecular weight excluding hydrogens is 366 g/mol. The summed E-state index contributed by atoms with van der Waals surface area (Å²) in [6, 6.07) is 12.9. The number of quaternary nitrogens is 1. The Morgan fingerprint density at radius 2 is 1.74 bits per heavy atom. The summed E-state index contributed by atoms with van der Waals surface area (Å²) in [7, 11) is 1.80. The molecule has 0 saturated heterocycles. The molecule has 8 heteroatoms. The van der Waals surface area contributed by atoms with Crippen molar-refractivity contribution in [1.82, 2.24) is 0 Å².